The molecule has 2 aromatic carbocycles. The van der Waals surface area contributed by atoms with Crippen LogP contribution in [0.1, 0.15) is 26.7 Å². The Hall–Kier alpha value is -2.80. The fraction of sp³-hybridized carbons (Fsp3) is 0.333. The summed E-state index contributed by atoms with van der Waals surface area (Å²) < 4.78 is 27.5. The summed E-state index contributed by atoms with van der Waals surface area (Å²) in [5.74, 6) is -1.89. The van der Waals surface area contributed by atoms with E-state index in [4.69, 9.17) is 0 Å². The Morgan fingerprint density at radius 3 is 1.57 bits per heavy atom. The highest BCUT2D eigenvalue weighted by molar-refractivity contribution is 5.94. The van der Waals surface area contributed by atoms with Crippen LogP contribution in [0.4, 0.5) is 20.2 Å². The zero-order valence-corrected chi connectivity index (χ0v) is 16.0. The number of para-hydroxylation sites is 2. The Bertz CT molecular complexity index is 748. The second-order valence-corrected chi connectivity index (χ2v) is 6.43. The second kappa shape index (κ2) is 10.5. The molecule has 0 heterocycles. The van der Waals surface area contributed by atoms with Crippen molar-refractivity contribution in [3.8, 4) is 0 Å². The number of benzene rings is 2. The summed E-state index contributed by atoms with van der Waals surface area (Å²) in [6.45, 7) is 3.77. The highest BCUT2D eigenvalue weighted by atomic mass is 19.1. The third kappa shape index (κ3) is 6.13. The predicted molar refractivity (Wildman–Crippen MR) is 106 cm³/mol. The monoisotopic (exact) mass is 389 g/mol. The maximum absolute atomic E-state index is 13.7. The number of carbonyl (C=O) groups is 2. The zero-order chi connectivity index (χ0) is 20.5. The number of hydrogen-bond acceptors (Lipinski definition) is 3. The van der Waals surface area contributed by atoms with E-state index in [1.54, 1.807) is 17.0 Å². The first-order valence-electron chi connectivity index (χ1n) is 9.27. The van der Waals surface area contributed by atoms with E-state index in [0.29, 0.717) is 0 Å². The second-order valence-electron chi connectivity index (χ2n) is 6.43. The number of rotatable bonds is 9. The van der Waals surface area contributed by atoms with Crippen molar-refractivity contribution in [2.24, 2.45) is 0 Å². The number of amides is 2. The molecule has 0 bridgehead atoms. The van der Waals surface area contributed by atoms with Gasteiger partial charge < -0.3 is 10.6 Å². The van der Waals surface area contributed by atoms with Crippen LogP contribution in [-0.4, -0.2) is 35.8 Å². The topological polar surface area (TPSA) is 61.4 Å². The van der Waals surface area contributed by atoms with Crippen LogP contribution in [0.25, 0.3) is 0 Å². The van der Waals surface area contributed by atoms with Gasteiger partial charge in [0.15, 0.2) is 0 Å². The van der Waals surface area contributed by atoms with Crippen molar-refractivity contribution >= 4 is 23.2 Å². The number of carbonyl (C=O) groups excluding carboxylic acids is 2. The molecular formula is C21H25F2N3O2. The van der Waals surface area contributed by atoms with Crippen LogP contribution in [0.2, 0.25) is 0 Å². The average molecular weight is 389 g/mol. The van der Waals surface area contributed by atoms with Crippen molar-refractivity contribution in [2.45, 2.75) is 32.7 Å². The molecule has 0 radical (unpaired) electrons. The van der Waals surface area contributed by atoms with Gasteiger partial charge in [-0.05, 0) is 37.1 Å². The van der Waals surface area contributed by atoms with Gasteiger partial charge in [0.25, 0.3) is 0 Å². The largest absolute Gasteiger partial charge is 0.322 e. The minimum atomic E-state index is -0.526. The Kier molecular flexibility index (Phi) is 8.07. The fourth-order valence-corrected chi connectivity index (χ4v) is 2.99. The number of hydrogen-bond donors (Lipinski definition) is 2. The lowest BCUT2D eigenvalue weighted by Gasteiger charge is -2.29. The number of anilines is 2. The van der Waals surface area contributed by atoms with E-state index in [0.717, 1.165) is 12.8 Å². The van der Waals surface area contributed by atoms with Crippen molar-refractivity contribution in [2.75, 3.05) is 23.7 Å². The summed E-state index contributed by atoms with van der Waals surface area (Å²) in [5, 5.41) is 5.06. The van der Waals surface area contributed by atoms with Crippen molar-refractivity contribution < 1.29 is 18.4 Å². The molecule has 28 heavy (non-hydrogen) atoms. The molecule has 2 N–H and O–H groups in total. The highest BCUT2D eigenvalue weighted by Gasteiger charge is 2.22. The predicted octanol–water partition coefficient (Wildman–Crippen LogP) is 4.03. The van der Waals surface area contributed by atoms with E-state index in [1.807, 2.05) is 13.8 Å². The van der Waals surface area contributed by atoms with Crippen molar-refractivity contribution in [1.29, 1.82) is 0 Å². The quantitative estimate of drug-likeness (QED) is 0.681. The smallest absolute Gasteiger partial charge is 0.238 e. The van der Waals surface area contributed by atoms with Gasteiger partial charge in [-0.2, -0.15) is 0 Å². The molecule has 0 aliphatic rings. The van der Waals surface area contributed by atoms with Gasteiger partial charge in [0.1, 0.15) is 11.6 Å². The third-order valence-corrected chi connectivity index (χ3v) is 4.45. The lowest BCUT2D eigenvalue weighted by Crippen LogP contribution is -2.44. The first kappa shape index (κ1) is 21.5. The van der Waals surface area contributed by atoms with E-state index in [9.17, 15) is 18.4 Å². The van der Waals surface area contributed by atoms with Crippen molar-refractivity contribution in [3.63, 3.8) is 0 Å². The molecule has 5 nitrogen and oxygen atoms in total. The Morgan fingerprint density at radius 2 is 1.21 bits per heavy atom. The molecule has 2 rings (SSSR count). The number of nitrogens with one attached hydrogen (secondary N) is 2. The SMILES string of the molecule is CCC(CC)N(CC(=O)Nc1ccccc1F)CC(=O)Nc1ccccc1F. The number of nitrogens with zero attached hydrogens (tertiary/aromatic N) is 1. The maximum atomic E-state index is 13.7. The molecule has 0 aliphatic carbocycles. The van der Waals surface area contributed by atoms with Crippen LogP contribution in [-0.2, 0) is 9.59 Å². The third-order valence-electron chi connectivity index (χ3n) is 4.45. The van der Waals surface area contributed by atoms with E-state index in [2.05, 4.69) is 10.6 Å². The molecule has 0 spiro atoms. The molecule has 0 atom stereocenters. The van der Waals surface area contributed by atoms with Gasteiger partial charge in [0, 0.05) is 6.04 Å². The van der Waals surface area contributed by atoms with E-state index < -0.39 is 23.4 Å². The molecule has 0 aliphatic heterocycles. The van der Waals surface area contributed by atoms with Crippen LogP contribution in [0.3, 0.4) is 0 Å². The molecule has 2 amide bonds. The Morgan fingerprint density at radius 1 is 0.821 bits per heavy atom. The Balaban J connectivity index is 2.05. The first-order valence-corrected chi connectivity index (χ1v) is 9.27. The molecule has 0 aromatic heterocycles. The molecule has 0 unspecified atom stereocenters. The van der Waals surface area contributed by atoms with Gasteiger partial charge in [-0.25, -0.2) is 8.78 Å². The average Bonchev–Trinajstić information content (AvgIpc) is 2.66. The standard InChI is InChI=1S/C21H25F2N3O2/c1-3-15(4-2)26(13-20(27)24-18-11-7-5-9-16(18)22)14-21(28)25-19-12-8-6-10-17(19)23/h5-12,15H,3-4,13-14H2,1-2H3,(H,24,27)(H,25,28). The summed E-state index contributed by atoms with van der Waals surface area (Å²) in [6.07, 6.45) is 1.47. The summed E-state index contributed by atoms with van der Waals surface area (Å²) in [6, 6.07) is 11.8. The molecule has 7 heteroatoms. The molecule has 2 aromatic rings. The molecule has 0 fully saturated rings. The van der Waals surface area contributed by atoms with Gasteiger partial charge in [-0.15, -0.1) is 0 Å². The molecule has 150 valence electrons. The van der Waals surface area contributed by atoms with E-state index in [-0.39, 0.29) is 30.5 Å². The first-order chi connectivity index (χ1) is 13.4. The number of halogens is 2. The van der Waals surface area contributed by atoms with Gasteiger partial charge in [0.05, 0.1) is 24.5 Å². The minimum absolute atomic E-state index is 0.0160. The molecule has 0 saturated heterocycles. The van der Waals surface area contributed by atoms with E-state index in [1.165, 1.54) is 36.4 Å². The van der Waals surface area contributed by atoms with Gasteiger partial charge in [-0.3, -0.25) is 14.5 Å². The highest BCUT2D eigenvalue weighted by Crippen LogP contribution is 2.15. The fourth-order valence-electron chi connectivity index (χ4n) is 2.99. The lowest BCUT2D eigenvalue weighted by molar-refractivity contribution is -0.121. The molecule has 0 saturated carbocycles. The van der Waals surface area contributed by atoms with Crippen molar-refractivity contribution in [3.05, 3.63) is 60.2 Å². The van der Waals surface area contributed by atoms with Crippen LogP contribution in [0.5, 0.6) is 0 Å². The van der Waals surface area contributed by atoms with Gasteiger partial charge in [0.2, 0.25) is 11.8 Å². The summed E-state index contributed by atoms with van der Waals surface area (Å²) in [4.78, 5) is 26.5. The minimum Gasteiger partial charge on any atom is -0.322 e. The normalized spacial score (nSPS) is 10.9. The summed E-state index contributed by atoms with van der Waals surface area (Å²) in [5.41, 5.74) is 0.181. The molecular weight excluding hydrogens is 364 g/mol. The lowest BCUT2D eigenvalue weighted by atomic mass is 10.1. The van der Waals surface area contributed by atoms with E-state index >= 15 is 0 Å². The zero-order valence-electron chi connectivity index (χ0n) is 16.0. The van der Waals surface area contributed by atoms with Gasteiger partial charge in [-0.1, -0.05) is 38.1 Å². The van der Waals surface area contributed by atoms with Gasteiger partial charge >= 0.3 is 0 Å². The van der Waals surface area contributed by atoms with Crippen LogP contribution in [0, 0.1) is 11.6 Å². The van der Waals surface area contributed by atoms with Crippen LogP contribution >= 0.6 is 0 Å². The summed E-state index contributed by atoms with van der Waals surface area (Å²) in [7, 11) is 0. The van der Waals surface area contributed by atoms with Crippen molar-refractivity contribution in [1.82, 2.24) is 4.90 Å². The van der Waals surface area contributed by atoms with Crippen LogP contribution in [0.15, 0.2) is 48.5 Å². The summed E-state index contributed by atoms with van der Waals surface area (Å²) >= 11 is 0. The maximum Gasteiger partial charge on any atom is 0.238 e. The van der Waals surface area contributed by atoms with Crippen LogP contribution < -0.4 is 10.6 Å². The Labute approximate surface area is 163 Å².